The highest BCUT2D eigenvalue weighted by molar-refractivity contribution is 9.11. The van der Waals surface area contributed by atoms with E-state index in [-0.39, 0.29) is 5.60 Å². The van der Waals surface area contributed by atoms with Gasteiger partial charge in [-0.25, -0.2) is 0 Å². The van der Waals surface area contributed by atoms with Gasteiger partial charge in [0.25, 0.3) is 0 Å². The quantitative estimate of drug-likeness (QED) is 0.866. The SMILES string of the molecule is CC1(Oc2ccc(Br)s2)CNC1. The lowest BCUT2D eigenvalue weighted by Crippen LogP contribution is -2.60. The van der Waals surface area contributed by atoms with E-state index in [2.05, 4.69) is 28.2 Å². The van der Waals surface area contributed by atoms with Gasteiger partial charge in [-0.1, -0.05) is 11.3 Å². The second kappa shape index (κ2) is 3.01. The molecule has 1 fully saturated rings. The van der Waals surface area contributed by atoms with Crippen LogP contribution in [-0.4, -0.2) is 18.7 Å². The zero-order chi connectivity index (χ0) is 8.60. The minimum absolute atomic E-state index is 0.0181. The average Bonchev–Trinajstić information content (AvgIpc) is 2.32. The van der Waals surface area contributed by atoms with E-state index in [0.29, 0.717) is 0 Å². The Morgan fingerprint density at radius 1 is 1.58 bits per heavy atom. The molecule has 1 aliphatic rings. The maximum absolute atomic E-state index is 5.78. The summed E-state index contributed by atoms with van der Waals surface area (Å²) in [5.74, 6) is 0. The molecule has 0 radical (unpaired) electrons. The van der Waals surface area contributed by atoms with Crippen molar-refractivity contribution in [2.75, 3.05) is 13.1 Å². The number of nitrogens with one attached hydrogen (secondary N) is 1. The van der Waals surface area contributed by atoms with Crippen molar-refractivity contribution in [3.8, 4) is 5.06 Å². The molecule has 2 nitrogen and oxygen atoms in total. The van der Waals surface area contributed by atoms with Gasteiger partial charge in [-0.2, -0.15) is 0 Å². The van der Waals surface area contributed by atoms with Crippen LogP contribution in [0.3, 0.4) is 0 Å². The standard InChI is InChI=1S/C8H10BrNOS/c1-8(4-10-5-8)11-7-3-2-6(9)12-7/h2-3,10H,4-5H2,1H3. The summed E-state index contributed by atoms with van der Waals surface area (Å²) in [6, 6.07) is 4.01. The molecule has 1 aromatic rings. The summed E-state index contributed by atoms with van der Waals surface area (Å²) in [6.07, 6.45) is 0. The fourth-order valence-corrected chi connectivity index (χ4v) is 2.46. The molecule has 0 amide bonds. The summed E-state index contributed by atoms with van der Waals surface area (Å²) < 4.78 is 6.90. The first-order valence-corrected chi connectivity index (χ1v) is 5.44. The van der Waals surface area contributed by atoms with Crippen molar-refractivity contribution in [2.24, 2.45) is 0 Å². The van der Waals surface area contributed by atoms with Crippen LogP contribution in [0.4, 0.5) is 0 Å². The number of thiophene rings is 1. The van der Waals surface area contributed by atoms with Gasteiger partial charge in [-0.3, -0.25) is 0 Å². The van der Waals surface area contributed by atoms with Gasteiger partial charge in [0.05, 0.1) is 3.79 Å². The highest BCUT2D eigenvalue weighted by Gasteiger charge is 2.34. The van der Waals surface area contributed by atoms with Crippen LogP contribution < -0.4 is 10.1 Å². The predicted molar refractivity (Wildman–Crippen MR) is 53.9 cm³/mol. The smallest absolute Gasteiger partial charge is 0.175 e. The van der Waals surface area contributed by atoms with E-state index in [4.69, 9.17) is 4.74 Å². The number of halogens is 1. The number of rotatable bonds is 2. The molecule has 2 heterocycles. The molecule has 0 spiro atoms. The van der Waals surface area contributed by atoms with E-state index in [9.17, 15) is 0 Å². The third-order valence-electron chi connectivity index (χ3n) is 1.89. The molecule has 1 saturated heterocycles. The van der Waals surface area contributed by atoms with E-state index >= 15 is 0 Å². The third-order valence-corrected chi connectivity index (χ3v) is 3.40. The van der Waals surface area contributed by atoms with Crippen LogP contribution >= 0.6 is 27.3 Å². The normalized spacial score (nSPS) is 20.2. The molecule has 1 aromatic heterocycles. The Balaban J connectivity index is 2.03. The van der Waals surface area contributed by atoms with E-state index in [1.807, 2.05) is 12.1 Å². The maximum atomic E-state index is 5.78. The molecule has 4 heteroatoms. The lowest BCUT2D eigenvalue weighted by atomic mass is 10.0. The second-order valence-electron chi connectivity index (χ2n) is 3.21. The van der Waals surface area contributed by atoms with Crippen LogP contribution in [0, 0.1) is 0 Å². The molecule has 12 heavy (non-hydrogen) atoms. The first kappa shape index (κ1) is 8.53. The van der Waals surface area contributed by atoms with E-state index in [1.165, 1.54) is 0 Å². The molecule has 1 N–H and O–H groups in total. The Morgan fingerprint density at radius 2 is 2.33 bits per heavy atom. The Morgan fingerprint density at radius 3 is 2.75 bits per heavy atom. The number of hydrogen-bond acceptors (Lipinski definition) is 3. The van der Waals surface area contributed by atoms with Crippen LogP contribution in [0.25, 0.3) is 0 Å². The molecule has 0 bridgehead atoms. The van der Waals surface area contributed by atoms with E-state index in [0.717, 1.165) is 21.9 Å². The fourth-order valence-electron chi connectivity index (χ4n) is 1.14. The summed E-state index contributed by atoms with van der Waals surface area (Å²) in [5.41, 5.74) is 0.0181. The van der Waals surface area contributed by atoms with Crippen LogP contribution in [0.2, 0.25) is 0 Å². The van der Waals surface area contributed by atoms with Gasteiger partial charge < -0.3 is 10.1 Å². The van der Waals surface area contributed by atoms with E-state index < -0.39 is 0 Å². The summed E-state index contributed by atoms with van der Waals surface area (Å²) in [7, 11) is 0. The van der Waals surface area contributed by atoms with Crippen LogP contribution in [-0.2, 0) is 0 Å². The zero-order valence-corrected chi connectivity index (χ0v) is 9.17. The van der Waals surface area contributed by atoms with Crippen molar-refractivity contribution < 1.29 is 4.74 Å². The van der Waals surface area contributed by atoms with Crippen LogP contribution in [0.5, 0.6) is 5.06 Å². The monoisotopic (exact) mass is 247 g/mol. The van der Waals surface area contributed by atoms with Gasteiger partial charge in [0.2, 0.25) is 0 Å². The third kappa shape index (κ3) is 1.65. The Bertz CT molecular complexity index is 282. The van der Waals surface area contributed by atoms with Gasteiger partial charge in [0, 0.05) is 13.1 Å². The zero-order valence-electron chi connectivity index (χ0n) is 6.76. The first-order valence-electron chi connectivity index (χ1n) is 3.83. The molecule has 0 atom stereocenters. The van der Waals surface area contributed by atoms with Crippen molar-refractivity contribution in [3.05, 3.63) is 15.9 Å². The van der Waals surface area contributed by atoms with Crippen molar-refractivity contribution in [1.29, 1.82) is 0 Å². The van der Waals surface area contributed by atoms with Gasteiger partial charge in [-0.15, -0.1) is 0 Å². The Kier molecular flexibility index (Phi) is 2.14. The fraction of sp³-hybridized carbons (Fsp3) is 0.500. The predicted octanol–water partition coefficient (Wildman–Crippen LogP) is 2.25. The largest absolute Gasteiger partial charge is 0.475 e. The highest BCUT2D eigenvalue weighted by atomic mass is 79.9. The van der Waals surface area contributed by atoms with Gasteiger partial charge in [0.1, 0.15) is 5.60 Å². The van der Waals surface area contributed by atoms with Crippen molar-refractivity contribution in [1.82, 2.24) is 5.32 Å². The van der Waals surface area contributed by atoms with Crippen molar-refractivity contribution in [3.63, 3.8) is 0 Å². The van der Waals surface area contributed by atoms with Crippen molar-refractivity contribution in [2.45, 2.75) is 12.5 Å². The molecule has 2 rings (SSSR count). The molecule has 1 aliphatic heterocycles. The van der Waals surface area contributed by atoms with Gasteiger partial charge in [0.15, 0.2) is 5.06 Å². The topological polar surface area (TPSA) is 21.3 Å². The minimum Gasteiger partial charge on any atom is -0.475 e. The molecular formula is C8H10BrNOS. The Hall–Kier alpha value is -0.0600. The van der Waals surface area contributed by atoms with E-state index in [1.54, 1.807) is 11.3 Å². The molecule has 0 aliphatic carbocycles. The molecular weight excluding hydrogens is 238 g/mol. The maximum Gasteiger partial charge on any atom is 0.175 e. The molecule has 0 saturated carbocycles. The van der Waals surface area contributed by atoms with Crippen LogP contribution in [0.15, 0.2) is 15.9 Å². The molecule has 66 valence electrons. The Labute approximate surface area is 84.1 Å². The van der Waals surface area contributed by atoms with Crippen molar-refractivity contribution >= 4 is 27.3 Å². The molecule has 0 unspecified atom stereocenters. The van der Waals surface area contributed by atoms with Crippen LogP contribution in [0.1, 0.15) is 6.92 Å². The first-order chi connectivity index (χ1) is 5.68. The number of hydrogen-bond donors (Lipinski definition) is 1. The lowest BCUT2D eigenvalue weighted by molar-refractivity contribution is 0.0386. The van der Waals surface area contributed by atoms with Gasteiger partial charge >= 0.3 is 0 Å². The highest BCUT2D eigenvalue weighted by Crippen LogP contribution is 2.32. The summed E-state index contributed by atoms with van der Waals surface area (Å²) in [5, 5.41) is 4.19. The summed E-state index contributed by atoms with van der Waals surface area (Å²) in [6.45, 7) is 4.02. The van der Waals surface area contributed by atoms with Gasteiger partial charge in [-0.05, 0) is 35.0 Å². The minimum atomic E-state index is 0.0181. The average molecular weight is 248 g/mol. The molecule has 0 aromatic carbocycles. The summed E-state index contributed by atoms with van der Waals surface area (Å²) >= 11 is 5.03. The lowest BCUT2D eigenvalue weighted by Gasteiger charge is -2.38. The number of ether oxygens (including phenoxy) is 1. The summed E-state index contributed by atoms with van der Waals surface area (Å²) in [4.78, 5) is 0. The second-order valence-corrected chi connectivity index (χ2v) is 5.64.